The van der Waals surface area contributed by atoms with E-state index in [1.54, 1.807) is 0 Å². The van der Waals surface area contributed by atoms with E-state index in [-0.39, 0.29) is 6.71 Å². The van der Waals surface area contributed by atoms with E-state index in [1.807, 2.05) is 18.2 Å². The molecular weight excluding hydrogens is 880 g/mol. The van der Waals surface area contributed by atoms with Gasteiger partial charge in [0.05, 0.1) is 16.7 Å². The summed E-state index contributed by atoms with van der Waals surface area (Å²) in [4.78, 5) is 2.46. The fourth-order valence-electron chi connectivity index (χ4n) is 12.1. The van der Waals surface area contributed by atoms with Crippen LogP contribution in [0.2, 0.25) is 0 Å². The van der Waals surface area contributed by atoms with Gasteiger partial charge < -0.3 is 23.0 Å². The van der Waals surface area contributed by atoms with Crippen LogP contribution >= 0.6 is 0 Å². The van der Waals surface area contributed by atoms with Gasteiger partial charge in [-0.25, -0.2) is 0 Å². The SMILES string of the molecule is c1ccc(-c2ccc(N3c4cc(-c5cccc6c5oc5ccccc56)ccc4B4c5ccc(-c6cccc7c6oc6ccccc67)cc5Oc5cc(-n6c7ccccc7c7ccccc76)cc3c54)cc2)cc1. The summed E-state index contributed by atoms with van der Waals surface area (Å²) in [5, 5.41) is 6.83. The van der Waals surface area contributed by atoms with Crippen molar-refractivity contribution in [1.82, 2.24) is 4.57 Å². The maximum Gasteiger partial charge on any atom is 0.256 e. The molecule has 2 aliphatic rings. The summed E-state index contributed by atoms with van der Waals surface area (Å²) in [5.41, 5.74) is 20.0. The first-order valence-electron chi connectivity index (χ1n) is 24.6. The Balaban J connectivity index is 0.966. The predicted octanol–water partition coefficient (Wildman–Crippen LogP) is 16.0. The molecule has 0 saturated carbocycles. The predicted molar refractivity (Wildman–Crippen MR) is 298 cm³/mol. The third-order valence-corrected chi connectivity index (χ3v) is 15.3. The minimum absolute atomic E-state index is 0.145. The summed E-state index contributed by atoms with van der Waals surface area (Å²) in [7, 11) is 0. The summed E-state index contributed by atoms with van der Waals surface area (Å²) < 4.78 is 23.1. The monoisotopic (exact) mass is 918 g/mol. The number of rotatable bonds is 5. The van der Waals surface area contributed by atoms with E-state index in [4.69, 9.17) is 13.6 Å². The van der Waals surface area contributed by atoms with E-state index in [0.717, 1.165) is 128 Å². The maximum atomic E-state index is 7.38. The van der Waals surface area contributed by atoms with Crippen LogP contribution in [0.5, 0.6) is 11.5 Å². The highest BCUT2D eigenvalue weighted by Gasteiger charge is 2.43. The zero-order valence-corrected chi connectivity index (χ0v) is 38.7. The third kappa shape index (κ3) is 5.66. The largest absolute Gasteiger partial charge is 0.458 e. The highest BCUT2D eigenvalue weighted by Crippen LogP contribution is 2.47. The number of fused-ring (bicyclic) bond motifs is 13. The lowest BCUT2D eigenvalue weighted by molar-refractivity contribution is 0.487. The summed E-state index contributed by atoms with van der Waals surface area (Å²) in [6.07, 6.45) is 0. The van der Waals surface area contributed by atoms with Crippen LogP contribution in [0.1, 0.15) is 0 Å². The summed E-state index contributed by atoms with van der Waals surface area (Å²) in [5.74, 6) is 1.65. The van der Waals surface area contributed by atoms with Crippen LogP contribution in [0.15, 0.2) is 245 Å². The Bertz CT molecular complexity index is 4510. The van der Waals surface area contributed by atoms with Gasteiger partial charge in [-0.15, -0.1) is 0 Å². The third-order valence-electron chi connectivity index (χ3n) is 15.3. The first-order valence-corrected chi connectivity index (χ1v) is 24.6. The molecule has 0 spiro atoms. The second-order valence-electron chi connectivity index (χ2n) is 19.1. The van der Waals surface area contributed by atoms with Gasteiger partial charge in [-0.1, -0.05) is 176 Å². The topological polar surface area (TPSA) is 43.7 Å². The van der Waals surface area contributed by atoms with Crippen molar-refractivity contribution in [2.75, 3.05) is 4.90 Å². The smallest absolute Gasteiger partial charge is 0.256 e. The van der Waals surface area contributed by atoms with Crippen LogP contribution in [0.25, 0.3) is 105 Å². The summed E-state index contributed by atoms with van der Waals surface area (Å²) >= 11 is 0. The number of hydrogen-bond donors (Lipinski definition) is 0. The summed E-state index contributed by atoms with van der Waals surface area (Å²) in [6.45, 7) is -0.145. The Morgan fingerprint density at radius 2 is 0.861 bits per heavy atom. The molecule has 5 heterocycles. The van der Waals surface area contributed by atoms with Crippen molar-refractivity contribution in [2.24, 2.45) is 0 Å². The molecule has 0 atom stereocenters. The van der Waals surface area contributed by atoms with Crippen LogP contribution in [-0.4, -0.2) is 11.3 Å². The normalized spacial score (nSPS) is 12.8. The number of hydrogen-bond acceptors (Lipinski definition) is 4. The number of anilines is 3. The Hall–Kier alpha value is -9.52. The average Bonchev–Trinajstić information content (AvgIpc) is 4.13. The molecule has 0 amide bonds. The van der Waals surface area contributed by atoms with Crippen molar-refractivity contribution in [3.05, 3.63) is 237 Å². The lowest BCUT2D eigenvalue weighted by atomic mass is 9.34. The molecule has 0 aliphatic carbocycles. The second-order valence-corrected chi connectivity index (χ2v) is 19.1. The molecule has 0 saturated heterocycles. The zero-order valence-electron chi connectivity index (χ0n) is 38.7. The Morgan fingerprint density at radius 1 is 0.333 bits per heavy atom. The molecule has 0 unspecified atom stereocenters. The molecule has 14 aromatic rings. The van der Waals surface area contributed by atoms with Crippen molar-refractivity contribution in [1.29, 1.82) is 0 Å². The molecule has 16 rings (SSSR count). The van der Waals surface area contributed by atoms with E-state index in [0.29, 0.717) is 0 Å². The first-order chi connectivity index (χ1) is 35.7. The van der Waals surface area contributed by atoms with Gasteiger partial charge in [-0.05, 0) is 93.2 Å². The quantitative estimate of drug-likeness (QED) is 0.161. The van der Waals surface area contributed by atoms with Gasteiger partial charge in [-0.3, -0.25) is 0 Å². The highest BCUT2D eigenvalue weighted by molar-refractivity contribution is 6.99. The van der Waals surface area contributed by atoms with Crippen LogP contribution < -0.4 is 26.0 Å². The highest BCUT2D eigenvalue weighted by atomic mass is 16.5. The van der Waals surface area contributed by atoms with Crippen molar-refractivity contribution < 1.29 is 13.6 Å². The van der Waals surface area contributed by atoms with Gasteiger partial charge in [0.15, 0.2) is 0 Å². The van der Waals surface area contributed by atoms with Gasteiger partial charge in [0.25, 0.3) is 6.71 Å². The lowest BCUT2D eigenvalue weighted by Gasteiger charge is -2.40. The van der Waals surface area contributed by atoms with Gasteiger partial charge >= 0.3 is 0 Å². The lowest BCUT2D eigenvalue weighted by Crippen LogP contribution is -2.59. The fourth-order valence-corrected chi connectivity index (χ4v) is 12.1. The Kier molecular flexibility index (Phi) is 8.19. The number of aromatic nitrogens is 1. The van der Waals surface area contributed by atoms with Crippen molar-refractivity contribution in [3.63, 3.8) is 0 Å². The number of para-hydroxylation sites is 6. The fraction of sp³-hybridized carbons (Fsp3) is 0. The molecular formula is C66H39BN2O3. The van der Waals surface area contributed by atoms with Crippen LogP contribution in [0.3, 0.4) is 0 Å². The van der Waals surface area contributed by atoms with Crippen LogP contribution in [0, 0.1) is 0 Å². The molecule has 3 aromatic heterocycles. The van der Waals surface area contributed by atoms with E-state index >= 15 is 0 Å². The Morgan fingerprint density at radius 3 is 1.51 bits per heavy atom. The van der Waals surface area contributed by atoms with Gasteiger partial charge in [0, 0.05) is 66.6 Å². The second kappa shape index (κ2) is 15.0. The van der Waals surface area contributed by atoms with Crippen molar-refractivity contribution in [3.8, 4) is 50.6 Å². The molecule has 5 nitrogen and oxygen atoms in total. The number of benzene rings is 11. The van der Waals surface area contributed by atoms with Gasteiger partial charge in [-0.2, -0.15) is 0 Å². The zero-order chi connectivity index (χ0) is 47.0. The van der Waals surface area contributed by atoms with Crippen molar-refractivity contribution >= 4 is 106 Å². The molecule has 334 valence electrons. The van der Waals surface area contributed by atoms with Gasteiger partial charge in [0.1, 0.15) is 33.8 Å². The van der Waals surface area contributed by atoms with Crippen molar-refractivity contribution in [2.45, 2.75) is 0 Å². The molecule has 0 N–H and O–H groups in total. The molecule has 72 heavy (non-hydrogen) atoms. The average molecular weight is 919 g/mol. The number of nitrogens with zero attached hydrogens (tertiary/aromatic N) is 2. The number of furan rings is 2. The molecule has 11 aromatic carbocycles. The molecule has 0 bridgehead atoms. The van der Waals surface area contributed by atoms with E-state index in [9.17, 15) is 0 Å². The molecule has 2 aliphatic heterocycles. The first kappa shape index (κ1) is 39.3. The number of ether oxygens (including phenoxy) is 1. The Labute approximate surface area is 414 Å². The molecule has 0 radical (unpaired) electrons. The molecule has 6 heteroatoms. The van der Waals surface area contributed by atoms with E-state index in [2.05, 4.69) is 228 Å². The minimum atomic E-state index is -0.145. The van der Waals surface area contributed by atoms with Crippen LogP contribution in [0.4, 0.5) is 17.1 Å². The summed E-state index contributed by atoms with van der Waals surface area (Å²) in [6, 6.07) is 85.0. The molecule has 0 fully saturated rings. The van der Waals surface area contributed by atoms with Crippen LogP contribution in [-0.2, 0) is 0 Å². The standard InChI is InChI=1S/C66H39BN2O3/c1-2-14-40(15-3-1)41-28-32-44(33-29-41)68-58-36-42(46-20-12-22-52-50-18-6-10-26-60(50)71-65(46)52)30-34-54(58)67-55-35-31-43(47-21-13-23-53-51-19-7-11-27-61(51)72-66(47)53)37-62(55)70-63-39-45(38-59(68)64(63)67)69-56-24-8-4-16-48(56)49-17-5-9-25-57(49)69/h1-39H. The minimum Gasteiger partial charge on any atom is -0.458 e. The van der Waals surface area contributed by atoms with E-state index < -0.39 is 0 Å². The van der Waals surface area contributed by atoms with Gasteiger partial charge in [0.2, 0.25) is 0 Å². The van der Waals surface area contributed by atoms with E-state index in [1.165, 1.54) is 21.8 Å². The maximum absolute atomic E-state index is 7.38.